The van der Waals surface area contributed by atoms with Crippen LogP contribution >= 0.6 is 0 Å². The topological polar surface area (TPSA) is 83.6 Å². The van der Waals surface area contributed by atoms with E-state index < -0.39 is 36.6 Å². The minimum absolute atomic E-state index is 0.0803. The van der Waals surface area contributed by atoms with Gasteiger partial charge in [0.2, 0.25) is 0 Å². The van der Waals surface area contributed by atoms with E-state index in [4.69, 9.17) is 10.8 Å². The molecule has 92 valence electrons. The summed E-state index contributed by atoms with van der Waals surface area (Å²) in [6.07, 6.45) is -4.91. The van der Waals surface area contributed by atoms with Crippen LogP contribution < -0.4 is 5.73 Å². The number of carbonyl (C=O) groups is 2. The number of aliphatic carboxylic acids is 1. The number of nitrogens with two attached hydrogens (primary N) is 1. The third-order valence-corrected chi connectivity index (χ3v) is 2.36. The molecular formula is C8H11F3N2O3. The fourth-order valence-corrected chi connectivity index (χ4v) is 1.66. The zero-order valence-electron chi connectivity index (χ0n) is 8.20. The molecule has 1 saturated heterocycles. The summed E-state index contributed by atoms with van der Waals surface area (Å²) in [6, 6.07) is -0.735. The van der Waals surface area contributed by atoms with Gasteiger partial charge in [0, 0.05) is 19.1 Å². The number of alkyl halides is 3. The van der Waals surface area contributed by atoms with Crippen LogP contribution in [0.15, 0.2) is 0 Å². The molecule has 1 amide bonds. The Morgan fingerprint density at radius 3 is 2.31 bits per heavy atom. The van der Waals surface area contributed by atoms with E-state index in [1.807, 2.05) is 0 Å². The maximum Gasteiger partial charge on any atom is 0.471 e. The number of piperidine rings is 1. The van der Waals surface area contributed by atoms with Crippen molar-refractivity contribution in [3.05, 3.63) is 0 Å². The van der Waals surface area contributed by atoms with Gasteiger partial charge >= 0.3 is 18.1 Å². The lowest BCUT2D eigenvalue weighted by molar-refractivity contribution is -0.188. The molecule has 3 N–H and O–H groups in total. The Balaban J connectivity index is 2.75. The number of hydrogen-bond donors (Lipinski definition) is 2. The van der Waals surface area contributed by atoms with Crippen LogP contribution in [0.2, 0.25) is 0 Å². The van der Waals surface area contributed by atoms with Crippen molar-refractivity contribution in [2.24, 2.45) is 11.7 Å². The van der Waals surface area contributed by atoms with Crippen molar-refractivity contribution in [2.45, 2.75) is 18.6 Å². The molecule has 0 aromatic carbocycles. The first-order valence-electron chi connectivity index (χ1n) is 4.56. The van der Waals surface area contributed by atoms with Gasteiger partial charge in [-0.2, -0.15) is 13.2 Å². The molecule has 0 aromatic heterocycles. The van der Waals surface area contributed by atoms with Crippen LogP contribution in [0.3, 0.4) is 0 Å². The number of likely N-dealkylation sites (tertiary alicyclic amines) is 1. The maximum atomic E-state index is 12.1. The number of halogens is 3. The summed E-state index contributed by atoms with van der Waals surface area (Å²) >= 11 is 0. The maximum absolute atomic E-state index is 12.1. The number of carboxylic acids is 1. The van der Waals surface area contributed by atoms with E-state index in [0.717, 1.165) is 0 Å². The third-order valence-electron chi connectivity index (χ3n) is 2.36. The van der Waals surface area contributed by atoms with Crippen molar-refractivity contribution in [1.29, 1.82) is 0 Å². The van der Waals surface area contributed by atoms with Crippen LogP contribution in [0.1, 0.15) is 6.42 Å². The van der Waals surface area contributed by atoms with Gasteiger partial charge in [-0.15, -0.1) is 0 Å². The smallest absolute Gasteiger partial charge is 0.471 e. The van der Waals surface area contributed by atoms with Gasteiger partial charge in [-0.3, -0.25) is 9.59 Å². The Morgan fingerprint density at radius 2 is 1.88 bits per heavy atom. The molecule has 5 nitrogen and oxygen atoms in total. The SMILES string of the molecule is NC1CC(C(=O)O)CN(C(=O)C(F)(F)F)C1. The van der Waals surface area contributed by atoms with Crippen molar-refractivity contribution >= 4 is 11.9 Å². The molecule has 0 bridgehead atoms. The van der Waals surface area contributed by atoms with Gasteiger partial charge in [0.15, 0.2) is 0 Å². The Kier molecular flexibility index (Phi) is 3.41. The molecule has 0 aromatic rings. The standard InChI is InChI=1S/C8H11F3N2O3/c9-8(10,11)7(16)13-2-4(6(14)15)1-5(12)3-13/h4-5H,1-3,12H2,(H,14,15). The fourth-order valence-electron chi connectivity index (χ4n) is 1.66. The van der Waals surface area contributed by atoms with E-state index in [1.165, 1.54) is 0 Å². The van der Waals surface area contributed by atoms with Crippen molar-refractivity contribution in [3.63, 3.8) is 0 Å². The van der Waals surface area contributed by atoms with Crippen LogP contribution in [0.5, 0.6) is 0 Å². The second kappa shape index (κ2) is 4.28. The minimum atomic E-state index is -4.99. The van der Waals surface area contributed by atoms with Crippen molar-refractivity contribution in [2.75, 3.05) is 13.1 Å². The van der Waals surface area contributed by atoms with Gasteiger partial charge in [0.1, 0.15) is 0 Å². The number of hydrogen-bond acceptors (Lipinski definition) is 3. The Labute approximate surface area is 89.0 Å². The molecule has 8 heteroatoms. The average molecular weight is 240 g/mol. The number of rotatable bonds is 1. The monoisotopic (exact) mass is 240 g/mol. The van der Waals surface area contributed by atoms with Crippen LogP contribution in [0.25, 0.3) is 0 Å². The quantitative estimate of drug-likeness (QED) is 0.665. The highest BCUT2D eigenvalue weighted by Gasteiger charge is 2.45. The Hall–Kier alpha value is -1.31. The van der Waals surface area contributed by atoms with Gasteiger partial charge in [0.25, 0.3) is 0 Å². The molecule has 1 rings (SSSR count). The lowest BCUT2D eigenvalue weighted by Gasteiger charge is -2.34. The van der Waals surface area contributed by atoms with Gasteiger partial charge in [-0.05, 0) is 6.42 Å². The normalized spacial score (nSPS) is 26.6. The summed E-state index contributed by atoms with van der Waals surface area (Å²) in [5.41, 5.74) is 5.41. The van der Waals surface area contributed by atoms with E-state index >= 15 is 0 Å². The average Bonchev–Trinajstić information content (AvgIpc) is 2.14. The second-order valence-corrected chi connectivity index (χ2v) is 3.74. The zero-order valence-corrected chi connectivity index (χ0v) is 8.20. The highest BCUT2D eigenvalue weighted by atomic mass is 19.4. The van der Waals surface area contributed by atoms with Gasteiger partial charge < -0.3 is 15.7 Å². The molecule has 16 heavy (non-hydrogen) atoms. The lowest BCUT2D eigenvalue weighted by Crippen LogP contribution is -2.54. The van der Waals surface area contributed by atoms with E-state index in [0.29, 0.717) is 4.90 Å². The molecule has 2 atom stereocenters. The number of carboxylic acid groups (broad SMARTS) is 1. The molecule has 0 saturated carbocycles. The van der Waals surface area contributed by atoms with Crippen LogP contribution in [0.4, 0.5) is 13.2 Å². The molecule has 1 aliphatic heterocycles. The van der Waals surface area contributed by atoms with Gasteiger partial charge in [-0.25, -0.2) is 0 Å². The van der Waals surface area contributed by atoms with E-state index in [2.05, 4.69) is 0 Å². The highest BCUT2D eigenvalue weighted by Crippen LogP contribution is 2.23. The fraction of sp³-hybridized carbons (Fsp3) is 0.750. The van der Waals surface area contributed by atoms with Crippen LogP contribution in [0, 0.1) is 5.92 Å². The zero-order chi connectivity index (χ0) is 12.5. The van der Waals surface area contributed by atoms with Crippen molar-refractivity contribution in [1.82, 2.24) is 4.90 Å². The third kappa shape index (κ3) is 2.84. The predicted molar refractivity (Wildman–Crippen MR) is 46.4 cm³/mol. The first-order chi connectivity index (χ1) is 7.21. The van der Waals surface area contributed by atoms with E-state index in [1.54, 1.807) is 0 Å². The number of amides is 1. The number of carbonyl (C=O) groups excluding carboxylic acids is 1. The molecule has 0 spiro atoms. The predicted octanol–water partition coefficient (Wildman–Crippen LogP) is -0.191. The van der Waals surface area contributed by atoms with Crippen molar-refractivity contribution in [3.8, 4) is 0 Å². The molecule has 1 fully saturated rings. The molecule has 1 aliphatic rings. The molecule has 0 radical (unpaired) electrons. The Morgan fingerprint density at radius 1 is 1.31 bits per heavy atom. The highest BCUT2D eigenvalue weighted by molar-refractivity contribution is 5.83. The molecule has 2 unspecified atom stereocenters. The van der Waals surface area contributed by atoms with Crippen LogP contribution in [-0.4, -0.2) is 47.2 Å². The first kappa shape index (κ1) is 12.8. The minimum Gasteiger partial charge on any atom is -0.481 e. The summed E-state index contributed by atoms with van der Waals surface area (Å²) in [5, 5.41) is 8.68. The summed E-state index contributed by atoms with van der Waals surface area (Å²) in [7, 11) is 0. The largest absolute Gasteiger partial charge is 0.481 e. The summed E-state index contributed by atoms with van der Waals surface area (Å²) in [5.74, 6) is -4.31. The summed E-state index contributed by atoms with van der Waals surface area (Å²) < 4.78 is 36.3. The lowest BCUT2D eigenvalue weighted by atomic mass is 9.95. The summed E-state index contributed by atoms with van der Waals surface area (Å²) in [6.45, 7) is -0.705. The van der Waals surface area contributed by atoms with Crippen molar-refractivity contribution < 1.29 is 27.9 Å². The summed E-state index contributed by atoms with van der Waals surface area (Å²) in [4.78, 5) is 22.0. The van der Waals surface area contributed by atoms with Gasteiger partial charge in [0.05, 0.1) is 5.92 Å². The van der Waals surface area contributed by atoms with E-state index in [-0.39, 0.29) is 13.0 Å². The molecular weight excluding hydrogens is 229 g/mol. The second-order valence-electron chi connectivity index (χ2n) is 3.74. The van der Waals surface area contributed by atoms with E-state index in [9.17, 15) is 22.8 Å². The molecule has 1 heterocycles. The first-order valence-corrected chi connectivity index (χ1v) is 4.56. The molecule has 0 aliphatic carbocycles. The Bertz CT molecular complexity index is 305. The van der Waals surface area contributed by atoms with Gasteiger partial charge in [-0.1, -0.05) is 0 Å². The van der Waals surface area contributed by atoms with Crippen LogP contribution in [-0.2, 0) is 9.59 Å². The number of nitrogens with zero attached hydrogens (tertiary/aromatic N) is 1.